The maximum Gasteiger partial charge on any atom is 0.277 e. The first kappa shape index (κ1) is 20.2. The van der Waals surface area contributed by atoms with Gasteiger partial charge in [-0.25, -0.2) is 0 Å². The van der Waals surface area contributed by atoms with Gasteiger partial charge in [-0.05, 0) is 48.5 Å². The van der Waals surface area contributed by atoms with Crippen LogP contribution < -0.4 is 4.90 Å². The third-order valence-corrected chi connectivity index (χ3v) is 6.97. The van der Waals surface area contributed by atoms with E-state index in [9.17, 15) is 4.79 Å². The molecule has 154 valence electrons. The molecule has 5 nitrogen and oxygen atoms in total. The van der Waals surface area contributed by atoms with Crippen LogP contribution in [0.2, 0.25) is 5.02 Å². The lowest BCUT2D eigenvalue weighted by atomic mass is 10.1. The Balaban J connectivity index is 1.31. The predicted molar refractivity (Wildman–Crippen MR) is 124 cm³/mol. The van der Waals surface area contributed by atoms with Gasteiger partial charge in [-0.3, -0.25) is 4.79 Å². The minimum atomic E-state index is -0.0164. The zero-order chi connectivity index (χ0) is 21.2. The number of Topliss-reactive ketones (excluding diaryl/α,β-unsaturated/α-hetero) is 1. The standard InChI is InChI=1S/C23H16ClN3O2S2/c24-16-11-9-15(10-12-16)19(28)14-30-23-26-25-22(29-23)13-27-17-5-1-3-7-20(17)31-21-8-4-2-6-18(21)27/h1-12H,13-14H2. The van der Waals surface area contributed by atoms with Crippen LogP contribution in [0.4, 0.5) is 11.4 Å². The maximum absolute atomic E-state index is 12.4. The highest BCUT2D eigenvalue weighted by atomic mass is 35.5. The molecule has 0 N–H and O–H groups in total. The van der Waals surface area contributed by atoms with Crippen LogP contribution in [0.15, 0.2) is 92.2 Å². The highest BCUT2D eigenvalue weighted by Crippen LogP contribution is 2.48. The van der Waals surface area contributed by atoms with Crippen LogP contribution in [-0.2, 0) is 6.54 Å². The molecule has 0 spiro atoms. The van der Waals surface area contributed by atoms with Gasteiger partial charge in [0.05, 0.1) is 17.1 Å². The summed E-state index contributed by atoms with van der Waals surface area (Å²) in [4.78, 5) is 16.9. The summed E-state index contributed by atoms with van der Waals surface area (Å²) in [6.07, 6.45) is 0. The van der Waals surface area contributed by atoms with Crippen molar-refractivity contribution in [2.24, 2.45) is 0 Å². The summed E-state index contributed by atoms with van der Waals surface area (Å²) >= 11 is 8.87. The Labute approximate surface area is 192 Å². The van der Waals surface area contributed by atoms with Crippen molar-refractivity contribution in [3.63, 3.8) is 0 Å². The van der Waals surface area contributed by atoms with Crippen molar-refractivity contribution in [3.8, 4) is 0 Å². The van der Waals surface area contributed by atoms with Crippen molar-refractivity contribution in [1.82, 2.24) is 10.2 Å². The number of hydrogen-bond acceptors (Lipinski definition) is 7. The highest BCUT2D eigenvalue weighted by molar-refractivity contribution is 8.00. The Hall–Kier alpha value is -2.74. The van der Waals surface area contributed by atoms with Gasteiger partial charge in [-0.2, -0.15) is 0 Å². The molecule has 0 atom stereocenters. The van der Waals surface area contributed by atoms with Gasteiger partial charge in [0.25, 0.3) is 5.22 Å². The molecule has 0 bridgehead atoms. The van der Waals surface area contributed by atoms with Crippen LogP contribution in [0.3, 0.4) is 0 Å². The van der Waals surface area contributed by atoms with Gasteiger partial charge in [0.2, 0.25) is 5.89 Å². The third-order valence-electron chi connectivity index (χ3n) is 4.77. The summed E-state index contributed by atoms with van der Waals surface area (Å²) in [5.41, 5.74) is 2.82. The molecule has 4 aromatic rings. The first-order valence-corrected chi connectivity index (χ1v) is 11.7. The van der Waals surface area contributed by atoms with Crippen LogP contribution in [0.25, 0.3) is 0 Å². The normalized spacial score (nSPS) is 12.4. The molecule has 3 aromatic carbocycles. The average Bonchev–Trinajstić information content (AvgIpc) is 3.25. The fraction of sp³-hybridized carbons (Fsp3) is 0.0870. The first-order valence-electron chi connectivity index (χ1n) is 9.55. The molecule has 0 amide bonds. The Morgan fingerprint density at radius 3 is 2.26 bits per heavy atom. The zero-order valence-electron chi connectivity index (χ0n) is 16.2. The van der Waals surface area contributed by atoms with E-state index >= 15 is 0 Å². The second-order valence-electron chi connectivity index (χ2n) is 6.80. The monoisotopic (exact) mass is 465 g/mol. The molecule has 0 aliphatic carbocycles. The molecule has 0 unspecified atom stereocenters. The number of fused-ring (bicyclic) bond motifs is 2. The van der Waals surface area contributed by atoms with Crippen molar-refractivity contribution in [1.29, 1.82) is 0 Å². The van der Waals surface area contributed by atoms with Crippen LogP contribution in [0.1, 0.15) is 16.2 Å². The van der Waals surface area contributed by atoms with E-state index in [0.29, 0.717) is 28.2 Å². The van der Waals surface area contributed by atoms with E-state index in [1.165, 1.54) is 21.6 Å². The van der Waals surface area contributed by atoms with E-state index in [-0.39, 0.29) is 11.5 Å². The van der Waals surface area contributed by atoms with Crippen molar-refractivity contribution in [2.45, 2.75) is 21.6 Å². The van der Waals surface area contributed by atoms with E-state index in [1.807, 2.05) is 24.3 Å². The van der Waals surface area contributed by atoms with Crippen LogP contribution in [0, 0.1) is 0 Å². The summed E-state index contributed by atoms with van der Waals surface area (Å²) in [5.74, 6) is 0.699. The topological polar surface area (TPSA) is 59.2 Å². The minimum absolute atomic E-state index is 0.0164. The number of halogens is 1. The molecule has 0 fully saturated rings. The van der Waals surface area contributed by atoms with E-state index in [1.54, 1.807) is 36.0 Å². The SMILES string of the molecule is O=C(CSc1nnc(CN2c3ccccc3Sc3ccccc32)o1)c1ccc(Cl)cc1. The summed E-state index contributed by atoms with van der Waals surface area (Å²) < 4.78 is 5.84. The molecular formula is C23H16ClN3O2S2. The second-order valence-corrected chi connectivity index (χ2v) is 9.25. The van der Waals surface area contributed by atoms with Gasteiger partial charge in [0.15, 0.2) is 5.78 Å². The number of ketones is 1. The van der Waals surface area contributed by atoms with E-state index in [2.05, 4.69) is 39.4 Å². The Kier molecular flexibility index (Phi) is 5.72. The molecule has 31 heavy (non-hydrogen) atoms. The molecule has 0 radical (unpaired) electrons. The average molecular weight is 466 g/mol. The fourth-order valence-electron chi connectivity index (χ4n) is 3.29. The van der Waals surface area contributed by atoms with E-state index in [4.69, 9.17) is 16.0 Å². The third kappa shape index (κ3) is 4.35. The molecule has 1 aromatic heterocycles. The predicted octanol–water partition coefficient (Wildman–Crippen LogP) is 6.50. The molecule has 2 heterocycles. The number of rotatable bonds is 6. The second kappa shape index (κ2) is 8.78. The number of nitrogens with zero attached hydrogens (tertiary/aromatic N) is 3. The molecule has 1 aliphatic heterocycles. The molecule has 5 rings (SSSR count). The number of para-hydroxylation sites is 2. The molecule has 0 saturated carbocycles. The number of aromatic nitrogens is 2. The number of thioether (sulfide) groups is 1. The van der Waals surface area contributed by atoms with Crippen molar-refractivity contribution < 1.29 is 9.21 Å². The van der Waals surface area contributed by atoms with E-state index < -0.39 is 0 Å². The Morgan fingerprint density at radius 1 is 0.935 bits per heavy atom. The van der Waals surface area contributed by atoms with Gasteiger partial charge in [-0.1, -0.05) is 59.4 Å². The Bertz CT molecular complexity index is 1200. The van der Waals surface area contributed by atoms with Crippen molar-refractivity contribution in [2.75, 3.05) is 10.7 Å². The van der Waals surface area contributed by atoms with Gasteiger partial charge in [0, 0.05) is 20.4 Å². The maximum atomic E-state index is 12.4. The summed E-state index contributed by atoms with van der Waals surface area (Å²) in [6.45, 7) is 0.452. The van der Waals surface area contributed by atoms with Crippen molar-refractivity contribution in [3.05, 3.63) is 89.3 Å². The van der Waals surface area contributed by atoms with Gasteiger partial charge in [-0.15, -0.1) is 10.2 Å². The van der Waals surface area contributed by atoms with E-state index in [0.717, 1.165) is 11.4 Å². The molecule has 0 saturated heterocycles. The number of anilines is 2. The van der Waals surface area contributed by atoms with Gasteiger partial charge in [0.1, 0.15) is 6.54 Å². The smallest absolute Gasteiger partial charge is 0.277 e. The zero-order valence-corrected chi connectivity index (χ0v) is 18.6. The summed E-state index contributed by atoms with van der Waals surface area (Å²) in [7, 11) is 0. The van der Waals surface area contributed by atoms with Gasteiger partial charge >= 0.3 is 0 Å². The van der Waals surface area contributed by atoms with Crippen molar-refractivity contribution >= 4 is 52.3 Å². The summed E-state index contributed by atoms with van der Waals surface area (Å²) in [6, 6.07) is 23.4. The minimum Gasteiger partial charge on any atom is -0.414 e. The first-order chi connectivity index (χ1) is 15.2. The van der Waals surface area contributed by atoms with Crippen LogP contribution in [0.5, 0.6) is 0 Å². The lowest BCUT2D eigenvalue weighted by Gasteiger charge is -2.31. The number of carbonyl (C=O) groups excluding carboxylic acids is 1. The summed E-state index contributed by atoms with van der Waals surface area (Å²) in [5, 5.41) is 9.30. The molecule has 1 aliphatic rings. The lowest BCUT2D eigenvalue weighted by molar-refractivity contribution is 0.102. The molecule has 8 heteroatoms. The van der Waals surface area contributed by atoms with Gasteiger partial charge < -0.3 is 9.32 Å². The fourth-order valence-corrected chi connectivity index (χ4v) is 5.19. The van der Waals surface area contributed by atoms with Crippen LogP contribution in [-0.4, -0.2) is 21.7 Å². The number of hydrogen-bond donors (Lipinski definition) is 0. The number of carbonyl (C=O) groups is 1. The Morgan fingerprint density at radius 2 is 1.58 bits per heavy atom. The largest absolute Gasteiger partial charge is 0.414 e. The quantitative estimate of drug-likeness (QED) is 0.238. The molecular weight excluding hydrogens is 450 g/mol. The van der Waals surface area contributed by atoms with Crippen LogP contribution >= 0.6 is 35.1 Å². The lowest BCUT2D eigenvalue weighted by Crippen LogP contribution is -2.20. The highest BCUT2D eigenvalue weighted by Gasteiger charge is 2.24. The number of benzene rings is 3.